The molecule has 7 heteroatoms. The van der Waals surface area contributed by atoms with Gasteiger partial charge in [-0.3, -0.25) is 0 Å². The summed E-state index contributed by atoms with van der Waals surface area (Å²) in [6.45, 7) is 15.5. The lowest BCUT2D eigenvalue weighted by molar-refractivity contribution is 0.00578. The molecule has 1 aliphatic carbocycles. The molecule has 1 amide bonds. The zero-order valence-corrected chi connectivity index (χ0v) is 22.1. The summed E-state index contributed by atoms with van der Waals surface area (Å²) in [7, 11) is 1.31. The van der Waals surface area contributed by atoms with Gasteiger partial charge in [0.2, 0.25) is 0 Å². The predicted molar refractivity (Wildman–Crippen MR) is 135 cm³/mol. The van der Waals surface area contributed by atoms with Gasteiger partial charge in [-0.1, -0.05) is 18.2 Å². The minimum Gasteiger partial charge on any atom is -0.496 e. The van der Waals surface area contributed by atoms with Crippen molar-refractivity contribution in [1.29, 1.82) is 0 Å². The van der Waals surface area contributed by atoms with Gasteiger partial charge in [-0.15, -0.1) is 0 Å². The molecule has 2 saturated heterocycles. The van der Waals surface area contributed by atoms with Crippen LogP contribution in [0, 0.1) is 5.41 Å². The average molecular weight is 469 g/mol. The van der Waals surface area contributed by atoms with Gasteiger partial charge in [0.15, 0.2) is 0 Å². The smallest absolute Gasteiger partial charge is 0.494 e. The van der Waals surface area contributed by atoms with E-state index in [1.165, 1.54) is 5.57 Å². The summed E-state index contributed by atoms with van der Waals surface area (Å²) in [4.78, 5) is 14.4. The molecule has 4 rings (SSSR count). The largest absolute Gasteiger partial charge is 0.496 e. The molecular formula is C27H40BNO5. The highest BCUT2D eigenvalue weighted by Gasteiger charge is 2.52. The fraction of sp³-hybridized carbons (Fsp3) is 0.667. The summed E-state index contributed by atoms with van der Waals surface area (Å²) in [5, 5.41) is 0. The molecule has 2 heterocycles. The van der Waals surface area contributed by atoms with Crippen LogP contribution < -0.4 is 10.2 Å². The standard InChI is InChI=1S/C27H40BNO5/c1-24(2,3)32-23(30)29-16-15-27(18-29)13-11-19(12-14-27)21-10-9-20(17-22(21)31-8)28-33-25(4,5)26(6,7)34-28/h9-11,17H,12-16,18H2,1-8H3. The molecule has 3 aliphatic rings. The molecule has 0 N–H and O–H groups in total. The molecular weight excluding hydrogens is 429 g/mol. The second-order valence-corrected chi connectivity index (χ2v) is 12.1. The van der Waals surface area contributed by atoms with Gasteiger partial charge in [-0.05, 0) is 96.7 Å². The van der Waals surface area contributed by atoms with Gasteiger partial charge in [0.25, 0.3) is 0 Å². The van der Waals surface area contributed by atoms with E-state index in [-0.39, 0.29) is 22.7 Å². The number of amides is 1. The van der Waals surface area contributed by atoms with Crippen LogP contribution in [0.2, 0.25) is 0 Å². The Morgan fingerprint density at radius 2 is 1.76 bits per heavy atom. The van der Waals surface area contributed by atoms with Gasteiger partial charge in [-0.25, -0.2) is 4.79 Å². The molecule has 186 valence electrons. The summed E-state index contributed by atoms with van der Waals surface area (Å²) in [6.07, 6.45) is 6.15. The zero-order valence-electron chi connectivity index (χ0n) is 22.1. The van der Waals surface area contributed by atoms with Crippen LogP contribution in [0.15, 0.2) is 24.3 Å². The van der Waals surface area contributed by atoms with E-state index in [0.29, 0.717) is 0 Å². The van der Waals surface area contributed by atoms with Crippen molar-refractivity contribution in [3.8, 4) is 5.75 Å². The number of benzene rings is 1. The van der Waals surface area contributed by atoms with Crippen molar-refractivity contribution >= 4 is 24.2 Å². The fourth-order valence-corrected chi connectivity index (χ4v) is 5.08. The Labute approximate surface area is 205 Å². The van der Waals surface area contributed by atoms with Gasteiger partial charge in [0.05, 0.1) is 18.3 Å². The topological polar surface area (TPSA) is 57.2 Å². The summed E-state index contributed by atoms with van der Waals surface area (Å²) in [5.74, 6) is 0.844. The van der Waals surface area contributed by atoms with Crippen molar-refractivity contribution in [1.82, 2.24) is 4.90 Å². The Morgan fingerprint density at radius 3 is 2.32 bits per heavy atom. The van der Waals surface area contributed by atoms with Gasteiger partial charge < -0.3 is 23.7 Å². The second-order valence-electron chi connectivity index (χ2n) is 12.1. The first kappa shape index (κ1) is 25.1. The molecule has 1 unspecified atom stereocenters. The van der Waals surface area contributed by atoms with E-state index in [1.807, 2.05) is 31.7 Å². The number of hydrogen-bond acceptors (Lipinski definition) is 5. The summed E-state index contributed by atoms with van der Waals surface area (Å²) in [6, 6.07) is 6.26. The lowest BCUT2D eigenvalue weighted by Gasteiger charge is -2.33. The van der Waals surface area contributed by atoms with Crippen LogP contribution in [0.5, 0.6) is 5.75 Å². The molecule has 1 spiro atoms. The van der Waals surface area contributed by atoms with Crippen LogP contribution in [-0.4, -0.2) is 55.1 Å². The SMILES string of the molecule is COc1cc(B2OC(C)(C)C(C)(C)O2)ccc1C1=CCC2(CC1)CCN(C(=O)OC(C)(C)C)C2. The Kier molecular flexibility index (Phi) is 6.35. The van der Waals surface area contributed by atoms with E-state index in [0.717, 1.165) is 55.5 Å². The van der Waals surface area contributed by atoms with Crippen LogP contribution in [-0.2, 0) is 14.0 Å². The Hall–Kier alpha value is -1.99. The number of carbonyl (C=O) groups excluding carboxylic acids is 1. The van der Waals surface area contributed by atoms with Crippen LogP contribution in [0.25, 0.3) is 5.57 Å². The van der Waals surface area contributed by atoms with Crippen molar-refractivity contribution < 1.29 is 23.6 Å². The molecule has 1 aromatic carbocycles. The first-order valence-corrected chi connectivity index (χ1v) is 12.5. The molecule has 0 saturated carbocycles. The number of allylic oxidation sites excluding steroid dienone is 2. The minimum atomic E-state index is -0.463. The van der Waals surface area contributed by atoms with E-state index < -0.39 is 12.7 Å². The third-order valence-electron chi connectivity index (χ3n) is 7.89. The monoisotopic (exact) mass is 469 g/mol. The van der Waals surface area contributed by atoms with Gasteiger partial charge in [0.1, 0.15) is 11.4 Å². The van der Waals surface area contributed by atoms with Crippen molar-refractivity contribution in [3.05, 3.63) is 29.8 Å². The Balaban J connectivity index is 1.46. The molecule has 34 heavy (non-hydrogen) atoms. The summed E-state index contributed by atoms with van der Waals surface area (Å²) < 4.78 is 23.8. The molecule has 0 radical (unpaired) electrons. The maximum atomic E-state index is 12.5. The maximum absolute atomic E-state index is 12.5. The highest BCUT2D eigenvalue weighted by molar-refractivity contribution is 6.62. The Bertz CT molecular complexity index is 964. The molecule has 0 aromatic heterocycles. The quantitative estimate of drug-likeness (QED) is 0.571. The summed E-state index contributed by atoms with van der Waals surface area (Å²) >= 11 is 0. The zero-order chi connectivity index (χ0) is 24.9. The second kappa shape index (κ2) is 8.60. The van der Waals surface area contributed by atoms with Gasteiger partial charge in [0, 0.05) is 18.7 Å². The number of rotatable bonds is 3. The minimum absolute atomic E-state index is 0.149. The van der Waals surface area contributed by atoms with Crippen molar-refractivity contribution in [3.63, 3.8) is 0 Å². The first-order valence-electron chi connectivity index (χ1n) is 12.5. The average Bonchev–Trinajstić information content (AvgIpc) is 3.25. The lowest BCUT2D eigenvalue weighted by atomic mass is 9.72. The van der Waals surface area contributed by atoms with Crippen LogP contribution in [0.1, 0.15) is 79.7 Å². The number of nitrogens with zero attached hydrogens (tertiary/aromatic N) is 1. The highest BCUT2D eigenvalue weighted by Crippen LogP contribution is 2.46. The third-order valence-corrected chi connectivity index (χ3v) is 7.89. The van der Waals surface area contributed by atoms with E-state index in [1.54, 1.807) is 7.11 Å². The number of hydrogen-bond donors (Lipinski definition) is 0. The Morgan fingerprint density at radius 1 is 1.09 bits per heavy atom. The van der Waals surface area contributed by atoms with E-state index in [9.17, 15) is 4.79 Å². The van der Waals surface area contributed by atoms with E-state index in [2.05, 4.69) is 45.9 Å². The van der Waals surface area contributed by atoms with Crippen molar-refractivity contribution in [2.45, 2.75) is 91.0 Å². The van der Waals surface area contributed by atoms with Gasteiger partial charge in [-0.2, -0.15) is 0 Å². The van der Waals surface area contributed by atoms with E-state index >= 15 is 0 Å². The highest BCUT2D eigenvalue weighted by atomic mass is 16.7. The molecule has 6 nitrogen and oxygen atoms in total. The number of methoxy groups -OCH3 is 1. The third kappa shape index (κ3) is 4.87. The fourth-order valence-electron chi connectivity index (χ4n) is 5.08. The summed E-state index contributed by atoms with van der Waals surface area (Å²) in [5.41, 5.74) is 2.33. The maximum Gasteiger partial charge on any atom is 0.494 e. The first-order chi connectivity index (χ1) is 15.7. The molecule has 0 bridgehead atoms. The van der Waals surface area contributed by atoms with E-state index in [4.69, 9.17) is 18.8 Å². The van der Waals surface area contributed by atoms with Crippen LogP contribution >= 0.6 is 0 Å². The number of likely N-dealkylation sites (tertiary alicyclic amines) is 1. The lowest BCUT2D eigenvalue weighted by Crippen LogP contribution is -2.41. The molecule has 2 fully saturated rings. The van der Waals surface area contributed by atoms with Crippen molar-refractivity contribution in [2.24, 2.45) is 5.41 Å². The normalized spacial score (nSPS) is 26.1. The van der Waals surface area contributed by atoms with Crippen LogP contribution in [0.4, 0.5) is 4.79 Å². The number of ether oxygens (including phenoxy) is 2. The van der Waals surface area contributed by atoms with Crippen LogP contribution in [0.3, 0.4) is 0 Å². The predicted octanol–water partition coefficient (Wildman–Crippen LogP) is 5.19. The van der Waals surface area contributed by atoms with Crippen molar-refractivity contribution in [2.75, 3.05) is 20.2 Å². The molecule has 2 aliphatic heterocycles. The molecule has 1 aromatic rings. The van der Waals surface area contributed by atoms with Gasteiger partial charge >= 0.3 is 13.2 Å². The number of carbonyl (C=O) groups is 1. The molecule has 1 atom stereocenters.